The molecule has 2 rings (SSSR count). The van der Waals surface area contributed by atoms with Crippen LogP contribution in [-0.4, -0.2) is 45.3 Å². The van der Waals surface area contributed by atoms with Crippen LogP contribution in [-0.2, 0) is 20.8 Å². The van der Waals surface area contributed by atoms with E-state index in [0.29, 0.717) is 11.3 Å². The van der Waals surface area contributed by atoms with Gasteiger partial charge < -0.3 is 24.9 Å². The molecular weight excluding hydrogens is 440 g/mol. The average Bonchev–Trinajstić information content (AvgIpc) is 3.21. The molecule has 0 fully saturated rings. The van der Waals surface area contributed by atoms with Crippen LogP contribution in [0.15, 0.2) is 6.07 Å². The van der Waals surface area contributed by atoms with E-state index in [1.54, 1.807) is 41.5 Å². The summed E-state index contributed by atoms with van der Waals surface area (Å²) in [5.41, 5.74) is 0.993. The van der Waals surface area contributed by atoms with E-state index in [0.717, 1.165) is 11.3 Å². The Morgan fingerprint density at radius 3 is 2.44 bits per heavy atom. The van der Waals surface area contributed by atoms with E-state index < -0.39 is 34.8 Å². The zero-order valence-corrected chi connectivity index (χ0v) is 19.6. The molecule has 1 atom stereocenters. The Kier molecular flexibility index (Phi) is 8.08. The van der Waals surface area contributed by atoms with Gasteiger partial charge in [0.05, 0.1) is 47.6 Å². The van der Waals surface area contributed by atoms with E-state index in [1.165, 1.54) is 10.7 Å². The van der Waals surface area contributed by atoms with E-state index in [4.69, 9.17) is 9.47 Å². The minimum Gasteiger partial charge on any atom is -0.462 e. The van der Waals surface area contributed by atoms with Crippen molar-refractivity contribution in [1.82, 2.24) is 9.78 Å². The Labute approximate surface area is 188 Å². The molecule has 0 saturated carbocycles. The lowest BCUT2D eigenvalue weighted by atomic mass is 10.1. The van der Waals surface area contributed by atoms with Crippen molar-refractivity contribution < 1.29 is 28.8 Å². The van der Waals surface area contributed by atoms with Gasteiger partial charge in [-0.05, 0) is 45.1 Å². The van der Waals surface area contributed by atoms with Gasteiger partial charge in [-0.25, -0.2) is 9.59 Å². The summed E-state index contributed by atoms with van der Waals surface area (Å²) in [6.07, 6.45) is -0.395. The van der Waals surface area contributed by atoms with Crippen molar-refractivity contribution in [1.29, 1.82) is 0 Å². The zero-order chi connectivity index (χ0) is 24.2. The Bertz CT molecular complexity index is 1040. The van der Waals surface area contributed by atoms with Crippen molar-refractivity contribution in [2.24, 2.45) is 5.92 Å². The van der Waals surface area contributed by atoms with Crippen LogP contribution in [0.3, 0.4) is 0 Å². The zero-order valence-electron chi connectivity index (χ0n) is 18.8. The molecule has 0 aliphatic rings. The van der Waals surface area contributed by atoms with Crippen LogP contribution in [0, 0.1) is 29.9 Å². The maximum atomic E-state index is 12.8. The minimum atomic E-state index is -0.661. The number of hydrogen-bond acceptors (Lipinski definition) is 9. The summed E-state index contributed by atoms with van der Waals surface area (Å²) in [5, 5.41) is 17.7. The van der Waals surface area contributed by atoms with Crippen LogP contribution >= 0.6 is 11.3 Å². The third kappa shape index (κ3) is 5.69. The molecule has 1 unspecified atom stereocenters. The van der Waals surface area contributed by atoms with Gasteiger partial charge in [-0.2, -0.15) is 4.68 Å². The lowest BCUT2D eigenvalue weighted by Crippen LogP contribution is -2.26. The number of amides is 1. The van der Waals surface area contributed by atoms with Gasteiger partial charge in [0.15, 0.2) is 0 Å². The second kappa shape index (κ2) is 10.4. The van der Waals surface area contributed by atoms with Gasteiger partial charge in [-0.1, -0.05) is 6.92 Å². The van der Waals surface area contributed by atoms with Crippen molar-refractivity contribution in [3.05, 3.63) is 37.9 Å². The molecule has 0 aliphatic carbocycles. The molecule has 0 aliphatic heterocycles. The fraction of sp³-hybridized carbons (Fsp3) is 0.500. The number of ether oxygens (including phenoxy) is 2. The third-order valence-corrected chi connectivity index (χ3v) is 5.63. The first-order chi connectivity index (χ1) is 15.0. The van der Waals surface area contributed by atoms with Crippen LogP contribution < -0.4 is 5.32 Å². The summed E-state index contributed by atoms with van der Waals surface area (Å²) in [4.78, 5) is 48.3. The predicted molar refractivity (Wildman–Crippen MR) is 117 cm³/mol. The monoisotopic (exact) mass is 466 g/mol. The molecule has 1 amide bonds. The summed E-state index contributed by atoms with van der Waals surface area (Å²) in [6, 6.07) is 1.32. The SMILES string of the molecule is CCOC(=O)c1sc(NC(=O)C(C)Cn2nc([N+](=O)[O-])cc2C)c(C(=O)OC(C)C)c1C. The van der Waals surface area contributed by atoms with Gasteiger partial charge in [0.25, 0.3) is 0 Å². The fourth-order valence-electron chi connectivity index (χ4n) is 2.86. The number of anilines is 1. The molecule has 2 heterocycles. The smallest absolute Gasteiger partial charge is 0.390 e. The minimum absolute atomic E-state index is 0.0897. The van der Waals surface area contributed by atoms with Crippen LogP contribution in [0.5, 0.6) is 0 Å². The highest BCUT2D eigenvalue weighted by Gasteiger charge is 2.29. The Morgan fingerprint density at radius 2 is 1.91 bits per heavy atom. The summed E-state index contributed by atoms with van der Waals surface area (Å²) in [5.74, 6) is -2.65. The quantitative estimate of drug-likeness (QED) is 0.336. The maximum Gasteiger partial charge on any atom is 0.390 e. The number of rotatable bonds is 9. The number of carbonyl (C=O) groups is 3. The van der Waals surface area contributed by atoms with Crippen LogP contribution in [0.2, 0.25) is 0 Å². The van der Waals surface area contributed by atoms with E-state index >= 15 is 0 Å². The standard InChI is InChI=1S/C20H26N4O7S/c1-7-30-20(27)16-13(6)15(19(26)31-10(2)3)18(32-16)21-17(25)11(4)9-23-12(5)8-14(22-23)24(28)29/h8,10-11H,7,9H2,1-6H3,(H,21,25). The van der Waals surface area contributed by atoms with Crippen molar-refractivity contribution in [2.75, 3.05) is 11.9 Å². The fourth-order valence-corrected chi connectivity index (χ4v) is 3.95. The summed E-state index contributed by atoms with van der Waals surface area (Å²) in [7, 11) is 0. The first-order valence-electron chi connectivity index (χ1n) is 9.97. The van der Waals surface area contributed by atoms with Crippen molar-refractivity contribution in [3.8, 4) is 0 Å². The Hall–Kier alpha value is -3.28. The molecule has 32 heavy (non-hydrogen) atoms. The average molecular weight is 467 g/mol. The van der Waals surface area contributed by atoms with Crippen LogP contribution in [0.4, 0.5) is 10.8 Å². The summed E-state index contributed by atoms with van der Waals surface area (Å²) >= 11 is 0.934. The lowest BCUT2D eigenvalue weighted by Gasteiger charge is -2.13. The predicted octanol–water partition coefficient (Wildman–Crippen LogP) is 3.49. The molecule has 0 radical (unpaired) electrons. The maximum absolute atomic E-state index is 12.8. The van der Waals surface area contributed by atoms with Gasteiger partial charge in [0.2, 0.25) is 5.91 Å². The largest absolute Gasteiger partial charge is 0.462 e. The number of esters is 2. The highest BCUT2D eigenvalue weighted by Crippen LogP contribution is 2.35. The first kappa shape index (κ1) is 25.0. The highest BCUT2D eigenvalue weighted by molar-refractivity contribution is 7.18. The number of hydrogen-bond donors (Lipinski definition) is 1. The topological polar surface area (TPSA) is 143 Å². The molecule has 1 N–H and O–H groups in total. The molecule has 2 aromatic rings. The normalized spacial score (nSPS) is 11.8. The number of aromatic nitrogens is 2. The van der Waals surface area contributed by atoms with Gasteiger partial charge in [-0.3, -0.25) is 4.79 Å². The number of carbonyl (C=O) groups excluding carboxylic acids is 3. The van der Waals surface area contributed by atoms with E-state index in [-0.39, 0.29) is 34.4 Å². The van der Waals surface area contributed by atoms with Gasteiger partial charge >= 0.3 is 17.8 Å². The number of thiophene rings is 1. The van der Waals surface area contributed by atoms with Gasteiger partial charge in [0.1, 0.15) is 9.88 Å². The number of aryl methyl sites for hydroxylation is 1. The van der Waals surface area contributed by atoms with E-state index in [9.17, 15) is 24.5 Å². The second-order valence-electron chi connectivity index (χ2n) is 7.41. The summed E-state index contributed by atoms with van der Waals surface area (Å²) < 4.78 is 11.7. The summed E-state index contributed by atoms with van der Waals surface area (Å²) in [6.45, 7) is 10.2. The lowest BCUT2D eigenvalue weighted by molar-refractivity contribution is -0.389. The number of nitrogens with zero attached hydrogens (tertiary/aromatic N) is 3. The second-order valence-corrected chi connectivity index (χ2v) is 8.43. The highest BCUT2D eigenvalue weighted by atomic mass is 32.1. The number of nitrogens with one attached hydrogen (secondary N) is 1. The molecule has 0 spiro atoms. The molecule has 2 aromatic heterocycles. The molecule has 11 nitrogen and oxygen atoms in total. The van der Waals surface area contributed by atoms with Crippen molar-refractivity contribution in [2.45, 2.75) is 54.2 Å². The Morgan fingerprint density at radius 1 is 1.25 bits per heavy atom. The molecule has 0 saturated heterocycles. The first-order valence-corrected chi connectivity index (χ1v) is 10.8. The Balaban J connectivity index is 2.30. The molecule has 174 valence electrons. The molecule has 12 heteroatoms. The van der Waals surface area contributed by atoms with Gasteiger partial charge in [0, 0.05) is 0 Å². The van der Waals surface area contributed by atoms with Crippen LogP contribution in [0.25, 0.3) is 0 Å². The van der Waals surface area contributed by atoms with E-state index in [1.807, 2.05) is 0 Å². The molecular formula is C20H26N4O7S. The van der Waals surface area contributed by atoms with Crippen molar-refractivity contribution >= 4 is 40.0 Å². The van der Waals surface area contributed by atoms with Crippen molar-refractivity contribution in [3.63, 3.8) is 0 Å². The van der Waals surface area contributed by atoms with Crippen LogP contribution in [0.1, 0.15) is 59.0 Å². The van der Waals surface area contributed by atoms with Gasteiger partial charge in [-0.15, -0.1) is 11.3 Å². The number of nitro groups is 1. The molecule has 0 aromatic carbocycles. The molecule has 0 bridgehead atoms. The van der Waals surface area contributed by atoms with E-state index in [2.05, 4.69) is 10.4 Å². The third-order valence-electron chi connectivity index (χ3n) is 4.44.